The lowest BCUT2D eigenvalue weighted by Gasteiger charge is -2.18. The molecule has 2 heterocycles. The molecule has 116 valence electrons. The van der Waals surface area contributed by atoms with Crippen molar-refractivity contribution in [1.29, 1.82) is 0 Å². The van der Waals surface area contributed by atoms with E-state index in [0.717, 1.165) is 4.90 Å². The standard InChI is InChI=1S/C12H13F3N2O3S/c1-5-9(16-6(2)21-5)10(18)17-3-7(11(19)20)8(4-17)12(13,14)15/h7-8H,3-4H2,1-2H3,(H,19,20)/t7-,8-/m1/s1. The quantitative estimate of drug-likeness (QED) is 0.905. The van der Waals surface area contributed by atoms with Crippen LogP contribution in [0.1, 0.15) is 20.4 Å². The number of thiazole rings is 1. The molecule has 1 amide bonds. The van der Waals surface area contributed by atoms with E-state index in [-0.39, 0.29) is 5.69 Å². The number of halogens is 3. The number of hydrogen-bond acceptors (Lipinski definition) is 4. The van der Waals surface area contributed by atoms with E-state index in [4.69, 9.17) is 5.11 Å². The molecule has 1 aliphatic rings. The molecular weight excluding hydrogens is 309 g/mol. The zero-order valence-electron chi connectivity index (χ0n) is 11.3. The van der Waals surface area contributed by atoms with Gasteiger partial charge in [0.15, 0.2) is 0 Å². The fraction of sp³-hybridized carbons (Fsp3) is 0.583. The summed E-state index contributed by atoms with van der Waals surface area (Å²) < 4.78 is 38.6. The number of aromatic nitrogens is 1. The maximum Gasteiger partial charge on any atom is 0.394 e. The van der Waals surface area contributed by atoms with Gasteiger partial charge in [-0.1, -0.05) is 0 Å². The molecule has 1 saturated heterocycles. The minimum atomic E-state index is -4.65. The molecule has 2 atom stereocenters. The summed E-state index contributed by atoms with van der Waals surface area (Å²) in [5.41, 5.74) is 0.101. The van der Waals surface area contributed by atoms with Gasteiger partial charge in [0.25, 0.3) is 5.91 Å². The first-order valence-electron chi connectivity index (χ1n) is 6.14. The second-order valence-corrected chi connectivity index (χ2v) is 6.35. The second-order valence-electron chi connectivity index (χ2n) is 4.94. The lowest BCUT2D eigenvalue weighted by Crippen LogP contribution is -2.34. The van der Waals surface area contributed by atoms with E-state index >= 15 is 0 Å². The molecule has 9 heteroatoms. The molecule has 1 N–H and O–H groups in total. The number of likely N-dealkylation sites (tertiary alicyclic amines) is 1. The van der Waals surface area contributed by atoms with Gasteiger partial charge < -0.3 is 10.0 Å². The Kier molecular flexibility index (Phi) is 3.96. The monoisotopic (exact) mass is 322 g/mol. The van der Waals surface area contributed by atoms with Gasteiger partial charge in [-0.15, -0.1) is 11.3 Å². The van der Waals surface area contributed by atoms with Gasteiger partial charge in [0.1, 0.15) is 5.69 Å². The number of alkyl halides is 3. The Bertz CT molecular complexity index is 585. The number of carboxylic acids is 1. The number of hydrogen-bond donors (Lipinski definition) is 1. The van der Waals surface area contributed by atoms with Crippen LogP contribution in [0.4, 0.5) is 13.2 Å². The number of rotatable bonds is 2. The summed E-state index contributed by atoms with van der Waals surface area (Å²) in [5.74, 6) is -5.86. The zero-order chi connectivity index (χ0) is 15.9. The minimum Gasteiger partial charge on any atom is -0.481 e. The number of aryl methyl sites for hydroxylation is 2. The van der Waals surface area contributed by atoms with Crippen LogP contribution in [-0.2, 0) is 4.79 Å². The van der Waals surface area contributed by atoms with Gasteiger partial charge in [0, 0.05) is 18.0 Å². The average Bonchev–Trinajstić information content (AvgIpc) is 2.91. The van der Waals surface area contributed by atoms with E-state index in [1.165, 1.54) is 11.3 Å². The molecule has 0 unspecified atom stereocenters. The van der Waals surface area contributed by atoms with Crippen molar-refractivity contribution in [2.45, 2.75) is 20.0 Å². The largest absolute Gasteiger partial charge is 0.481 e. The molecule has 0 saturated carbocycles. The van der Waals surface area contributed by atoms with Crippen LogP contribution in [0.2, 0.25) is 0 Å². The minimum absolute atomic E-state index is 0.101. The summed E-state index contributed by atoms with van der Waals surface area (Å²) in [4.78, 5) is 28.8. The van der Waals surface area contributed by atoms with Gasteiger partial charge >= 0.3 is 12.1 Å². The number of carbonyl (C=O) groups excluding carboxylic acids is 1. The molecule has 1 aliphatic heterocycles. The predicted octanol–water partition coefficient (Wildman–Crippen LogP) is 2.10. The van der Waals surface area contributed by atoms with Crippen molar-refractivity contribution in [3.8, 4) is 0 Å². The first kappa shape index (κ1) is 15.7. The smallest absolute Gasteiger partial charge is 0.394 e. The molecule has 0 aromatic carbocycles. The Labute approximate surface area is 122 Å². The van der Waals surface area contributed by atoms with Crippen molar-refractivity contribution in [2.75, 3.05) is 13.1 Å². The van der Waals surface area contributed by atoms with Crippen LogP contribution in [-0.4, -0.2) is 46.1 Å². The van der Waals surface area contributed by atoms with Crippen LogP contribution in [0, 0.1) is 25.7 Å². The van der Waals surface area contributed by atoms with Crippen LogP contribution >= 0.6 is 11.3 Å². The second kappa shape index (κ2) is 5.28. The molecule has 0 radical (unpaired) electrons. The third-order valence-corrected chi connectivity index (χ3v) is 4.34. The van der Waals surface area contributed by atoms with Gasteiger partial charge in [-0.2, -0.15) is 13.2 Å². The van der Waals surface area contributed by atoms with Gasteiger partial charge in [-0.25, -0.2) is 4.98 Å². The van der Waals surface area contributed by atoms with Crippen molar-refractivity contribution in [3.63, 3.8) is 0 Å². The molecule has 0 aliphatic carbocycles. The lowest BCUT2D eigenvalue weighted by molar-refractivity contribution is -0.187. The first-order valence-corrected chi connectivity index (χ1v) is 6.95. The van der Waals surface area contributed by atoms with Crippen LogP contribution in [0.5, 0.6) is 0 Å². The molecule has 0 spiro atoms. The number of carboxylic acid groups (broad SMARTS) is 1. The molecule has 2 rings (SSSR count). The Morgan fingerprint density at radius 3 is 2.33 bits per heavy atom. The van der Waals surface area contributed by atoms with Gasteiger partial charge in [0.2, 0.25) is 0 Å². The van der Waals surface area contributed by atoms with Crippen LogP contribution in [0.3, 0.4) is 0 Å². The Hall–Kier alpha value is -1.64. The number of nitrogens with zero attached hydrogens (tertiary/aromatic N) is 2. The molecule has 1 aromatic heterocycles. The van der Waals surface area contributed by atoms with E-state index in [1.54, 1.807) is 13.8 Å². The summed E-state index contributed by atoms with van der Waals surface area (Å²) in [6, 6.07) is 0. The van der Waals surface area contributed by atoms with Crippen molar-refractivity contribution < 1.29 is 27.9 Å². The number of aliphatic carboxylic acids is 1. The first-order chi connectivity index (χ1) is 9.61. The van der Waals surface area contributed by atoms with Crippen molar-refractivity contribution in [1.82, 2.24) is 9.88 Å². The fourth-order valence-corrected chi connectivity index (χ4v) is 3.24. The van der Waals surface area contributed by atoms with Crippen LogP contribution < -0.4 is 0 Å². The third kappa shape index (κ3) is 3.02. The third-order valence-electron chi connectivity index (χ3n) is 3.45. The number of amides is 1. The topological polar surface area (TPSA) is 70.5 Å². The molecule has 1 fully saturated rings. The van der Waals surface area contributed by atoms with Crippen LogP contribution in [0.15, 0.2) is 0 Å². The highest BCUT2D eigenvalue weighted by Gasteiger charge is 2.53. The van der Waals surface area contributed by atoms with Crippen LogP contribution in [0.25, 0.3) is 0 Å². The van der Waals surface area contributed by atoms with Gasteiger partial charge in [0.05, 0.1) is 16.8 Å². The molecule has 1 aromatic rings. The highest BCUT2D eigenvalue weighted by molar-refractivity contribution is 7.11. The lowest BCUT2D eigenvalue weighted by atomic mass is 9.96. The SMILES string of the molecule is Cc1nc(C(=O)N2C[C@@H](C(F)(F)F)[C@H](C(=O)O)C2)c(C)s1. The summed E-state index contributed by atoms with van der Waals surface area (Å²) in [6.45, 7) is 2.25. The van der Waals surface area contributed by atoms with Crippen molar-refractivity contribution >= 4 is 23.2 Å². The van der Waals surface area contributed by atoms with E-state index in [1.807, 2.05) is 0 Å². The fourth-order valence-electron chi connectivity index (χ4n) is 2.43. The van der Waals surface area contributed by atoms with E-state index in [0.29, 0.717) is 9.88 Å². The van der Waals surface area contributed by atoms with Gasteiger partial charge in [-0.05, 0) is 13.8 Å². The molecule has 21 heavy (non-hydrogen) atoms. The van der Waals surface area contributed by atoms with E-state index in [9.17, 15) is 22.8 Å². The Morgan fingerprint density at radius 2 is 1.95 bits per heavy atom. The highest BCUT2D eigenvalue weighted by Crippen LogP contribution is 2.38. The van der Waals surface area contributed by atoms with E-state index < -0.39 is 43.0 Å². The molecule has 5 nitrogen and oxygen atoms in total. The van der Waals surface area contributed by atoms with Gasteiger partial charge in [-0.3, -0.25) is 9.59 Å². The maximum absolute atomic E-state index is 12.9. The predicted molar refractivity (Wildman–Crippen MR) is 68.2 cm³/mol. The zero-order valence-corrected chi connectivity index (χ0v) is 12.1. The van der Waals surface area contributed by atoms with Crippen molar-refractivity contribution in [2.24, 2.45) is 11.8 Å². The summed E-state index contributed by atoms with van der Waals surface area (Å²) in [6.07, 6.45) is -4.65. The molecule has 0 bridgehead atoms. The normalized spacial score (nSPS) is 22.6. The Morgan fingerprint density at radius 1 is 1.33 bits per heavy atom. The summed E-state index contributed by atoms with van der Waals surface area (Å²) >= 11 is 1.27. The molecular formula is C12H13F3N2O3S. The highest BCUT2D eigenvalue weighted by atomic mass is 32.1. The summed E-state index contributed by atoms with van der Waals surface area (Å²) in [5, 5.41) is 9.56. The van der Waals surface area contributed by atoms with Crippen molar-refractivity contribution in [3.05, 3.63) is 15.6 Å². The summed E-state index contributed by atoms with van der Waals surface area (Å²) in [7, 11) is 0. The Balaban J connectivity index is 2.25. The average molecular weight is 322 g/mol. The number of carbonyl (C=O) groups is 2. The maximum atomic E-state index is 12.9. The van der Waals surface area contributed by atoms with E-state index in [2.05, 4.69) is 4.98 Å².